The summed E-state index contributed by atoms with van der Waals surface area (Å²) in [6, 6.07) is 0. The van der Waals surface area contributed by atoms with Crippen molar-refractivity contribution >= 4 is 11.8 Å². The Hall–Kier alpha value is -1.32. The van der Waals surface area contributed by atoms with E-state index in [0.717, 1.165) is 12.8 Å². The van der Waals surface area contributed by atoms with Crippen molar-refractivity contribution in [3.05, 3.63) is 12.7 Å². The van der Waals surface area contributed by atoms with Crippen LogP contribution in [0.2, 0.25) is 0 Å². The number of ether oxygens (including phenoxy) is 3. The summed E-state index contributed by atoms with van der Waals surface area (Å²) in [5, 5.41) is 22.7. The third-order valence-electron chi connectivity index (χ3n) is 8.54. The fraction of sp³-hybridized carbons (Fsp3) is 0.840. The highest BCUT2D eigenvalue weighted by molar-refractivity contribution is 5.92. The number of aliphatic hydroxyl groups is 2. The molecule has 8 atom stereocenters. The number of Topliss-reactive ketones (excluding diaryl/α,β-unsaturated/α-hetero) is 1. The molecule has 0 amide bonds. The van der Waals surface area contributed by atoms with Gasteiger partial charge in [0.1, 0.15) is 5.60 Å². The fourth-order valence-corrected chi connectivity index (χ4v) is 7.33. The van der Waals surface area contributed by atoms with Crippen molar-refractivity contribution in [3.8, 4) is 0 Å². The van der Waals surface area contributed by atoms with E-state index in [9.17, 15) is 19.8 Å². The normalized spacial score (nSPS) is 45.7. The Morgan fingerprint density at radius 2 is 1.85 bits per heavy atom. The molecule has 8 nitrogen and oxygen atoms in total. The highest BCUT2D eigenvalue weighted by atomic mass is 16.7. The van der Waals surface area contributed by atoms with Gasteiger partial charge in [0, 0.05) is 24.7 Å². The lowest BCUT2D eigenvalue weighted by molar-refractivity contribution is -0.396. The molecule has 3 aliphatic rings. The van der Waals surface area contributed by atoms with Crippen molar-refractivity contribution in [1.82, 2.24) is 4.90 Å². The molecule has 3 rings (SSSR count). The molecule has 0 aromatic heterocycles. The zero-order chi connectivity index (χ0) is 25.2. The zero-order valence-electron chi connectivity index (χ0n) is 21.3. The summed E-state index contributed by atoms with van der Waals surface area (Å²) in [6.45, 7) is 14.6. The average molecular weight is 468 g/mol. The Morgan fingerprint density at radius 1 is 1.24 bits per heavy atom. The minimum atomic E-state index is -1.69. The van der Waals surface area contributed by atoms with Gasteiger partial charge < -0.3 is 24.4 Å². The molecule has 188 valence electrons. The predicted octanol–water partition coefficient (Wildman–Crippen LogP) is 2.41. The Labute approximate surface area is 197 Å². The van der Waals surface area contributed by atoms with Crippen LogP contribution in [0.3, 0.4) is 0 Å². The van der Waals surface area contributed by atoms with Crippen LogP contribution in [0, 0.1) is 16.7 Å². The Bertz CT molecular complexity index is 828. The number of hydrogen-bond donors (Lipinski definition) is 2. The van der Waals surface area contributed by atoms with E-state index in [4.69, 9.17) is 14.2 Å². The van der Waals surface area contributed by atoms with Gasteiger partial charge in [-0.2, -0.15) is 0 Å². The molecular weight excluding hydrogens is 426 g/mol. The monoisotopic (exact) mass is 467 g/mol. The Morgan fingerprint density at radius 3 is 2.36 bits per heavy atom. The summed E-state index contributed by atoms with van der Waals surface area (Å²) in [7, 11) is 3.29. The van der Waals surface area contributed by atoms with Crippen LogP contribution in [0.25, 0.3) is 0 Å². The van der Waals surface area contributed by atoms with Crippen molar-refractivity contribution in [2.24, 2.45) is 16.7 Å². The molecule has 2 aliphatic carbocycles. The van der Waals surface area contributed by atoms with Crippen LogP contribution in [0.4, 0.5) is 0 Å². The van der Waals surface area contributed by atoms with E-state index in [2.05, 4.69) is 20.4 Å². The lowest BCUT2D eigenvalue weighted by atomic mass is 9.40. The topological polar surface area (TPSA) is 106 Å². The number of nitrogens with zero attached hydrogens (tertiary/aromatic N) is 1. The summed E-state index contributed by atoms with van der Waals surface area (Å²) in [6.07, 6.45) is 0.0593. The molecule has 1 aliphatic heterocycles. The molecule has 1 saturated heterocycles. The van der Waals surface area contributed by atoms with Crippen LogP contribution in [0.1, 0.15) is 67.2 Å². The first kappa shape index (κ1) is 26.3. The second-order valence-electron chi connectivity index (χ2n) is 11.7. The molecule has 0 aromatic carbocycles. The van der Waals surface area contributed by atoms with Crippen LogP contribution >= 0.6 is 0 Å². The van der Waals surface area contributed by atoms with Gasteiger partial charge in [-0.1, -0.05) is 33.3 Å². The van der Waals surface area contributed by atoms with E-state index < -0.39 is 52.7 Å². The van der Waals surface area contributed by atoms with Gasteiger partial charge in [-0.15, -0.1) is 6.58 Å². The van der Waals surface area contributed by atoms with E-state index in [1.165, 1.54) is 11.8 Å². The maximum Gasteiger partial charge on any atom is 0.303 e. The van der Waals surface area contributed by atoms with Crippen molar-refractivity contribution in [2.45, 2.75) is 103 Å². The smallest absolute Gasteiger partial charge is 0.303 e. The molecular formula is C25H41NO7. The number of esters is 1. The summed E-state index contributed by atoms with van der Waals surface area (Å²) in [5.74, 6) is -1.30. The summed E-state index contributed by atoms with van der Waals surface area (Å²) in [5.41, 5.74) is -5.63. The third kappa shape index (κ3) is 3.60. The van der Waals surface area contributed by atoms with Gasteiger partial charge in [0.15, 0.2) is 17.5 Å². The van der Waals surface area contributed by atoms with Crippen molar-refractivity contribution < 1.29 is 34.0 Å². The molecule has 33 heavy (non-hydrogen) atoms. The molecule has 2 saturated carbocycles. The summed E-state index contributed by atoms with van der Waals surface area (Å²) >= 11 is 0. The van der Waals surface area contributed by atoms with E-state index in [1.54, 1.807) is 34.0 Å². The van der Waals surface area contributed by atoms with E-state index >= 15 is 0 Å². The maximum atomic E-state index is 14.3. The quantitative estimate of drug-likeness (QED) is 0.361. The number of carbonyl (C=O) groups excluding carboxylic acids is 2. The lowest BCUT2D eigenvalue weighted by Gasteiger charge is -2.71. The van der Waals surface area contributed by atoms with Gasteiger partial charge in [-0.25, -0.2) is 0 Å². The number of rotatable bonds is 5. The minimum Gasteiger partial charge on any atom is -0.457 e. The van der Waals surface area contributed by atoms with E-state index in [-0.39, 0.29) is 17.6 Å². The molecule has 0 bridgehead atoms. The van der Waals surface area contributed by atoms with Gasteiger partial charge in [-0.3, -0.25) is 14.5 Å². The van der Waals surface area contributed by atoms with Gasteiger partial charge in [0.25, 0.3) is 0 Å². The van der Waals surface area contributed by atoms with Crippen LogP contribution < -0.4 is 0 Å². The van der Waals surface area contributed by atoms with Crippen molar-refractivity contribution in [1.29, 1.82) is 0 Å². The standard InChI is InChI=1S/C25H41NO7/c1-10-22(5)14-16(28)25(32-20(30)26(8)9)23(6)13-11-12-21(3,4)18(23)17(29)19(31-15(2)27)24(25,7)33-22/h10,17-20,29-30H,1,11-14H2,2-9H3/t17-,18?,19-,20?,22-,23-,24+,25-/m0/s1. The first-order valence-electron chi connectivity index (χ1n) is 11.8. The second-order valence-corrected chi connectivity index (χ2v) is 11.7. The van der Waals surface area contributed by atoms with Gasteiger partial charge in [0.2, 0.25) is 6.41 Å². The first-order chi connectivity index (χ1) is 15.0. The number of ketones is 1. The molecule has 1 heterocycles. The van der Waals surface area contributed by atoms with Crippen LogP contribution in [-0.4, -0.2) is 76.4 Å². The van der Waals surface area contributed by atoms with Crippen LogP contribution in [-0.2, 0) is 23.8 Å². The molecule has 0 aromatic rings. The second kappa shape index (κ2) is 8.12. The van der Waals surface area contributed by atoms with Gasteiger partial charge in [-0.05, 0) is 46.2 Å². The highest BCUT2D eigenvalue weighted by Crippen LogP contribution is 2.68. The number of fused-ring (bicyclic) bond motifs is 3. The molecule has 2 unspecified atom stereocenters. The minimum absolute atomic E-state index is 0.0160. The Balaban J connectivity index is 2.38. The maximum absolute atomic E-state index is 14.3. The van der Waals surface area contributed by atoms with E-state index in [0.29, 0.717) is 6.42 Å². The van der Waals surface area contributed by atoms with Crippen molar-refractivity contribution in [2.75, 3.05) is 14.1 Å². The van der Waals surface area contributed by atoms with Crippen molar-refractivity contribution in [3.63, 3.8) is 0 Å². The predicted molar refractivity (Wildman–Crippen MR) is 122 cm³/mol. The summed E-state index contributed by atoms with van der Waals surface area (Å²) in [4.78, 5) is 28.0. The average Bonchev–Trinajstić information content (AvgIpc) is 2.66. The lowest BCUT2D eigenvalue weighted by Crippen LogP contribution is -2.86. The van der Waals surface area contributed by atoms with Crippen LogP contribution in [0.5, 0.6) is 0 Å². The zero-order valence-corrected chi connectivity index (χ0v) is 21.3. The molecule has 2 N–H and O–H groups in total. The van der Waals surface area contributed by atoms with Gasteiger partial charge >= 0.3 is 5.97 Å². The highest BCUT2D eigenvalue weighted by Gasteiger charge is 2.81. The summed E-state index contributed by atoms with van der Waals surface area (Å²) < 4.78 is 18.7. The Kier molecular flexibility index (Phi) is 6.47. The van der Waals surface area contributed by atoms with Gasteiger partial charge in [0.05, 0.1) is 11.7 Å². The number of carbonyl (C=O) groups is 2. The molecule has 8 heteroatoms. The molecule has 0 radical (unpaired) electrons. The largest absolute Gasteiger partial charge is 0.457 e. The number of aliphatic hydroxyl groups excluding tert-OH is 2. The number of hydrogen-bond acceptors (Lipinski definition) is 8. The molecule has 0 spiro atoms. The third-order valence-corrected chi connectivity index (χ3v) is 8.54. The molecule has 3 fully saturated rings. The van der Waals surface area contributed by atoms with E-state index in [1.807, 2.05) is 6.92 Å². The fourth-order valence-electron chi connectivity index (χ4n) is 7.33. The first-order valence-corrected chi connectivity index (χ1v) is 11.8. The van der Waals surface area contributed by atoms with Crippen LogP contribution in [0.15, 0.2) is 12.7 Å². The SMILES string of the molecule is C=C[C@@]1(C)CC(=O)[C@]2(OC(O)N(C)C)[C@@]3(C)CCCC(C)(C)C3[C@H](O)[C@H](OC(C)=O)[C@@]2(C)O1.